The first-order chi connectivity index (χ1) is 9.86. The number of aromatic hydroxyl groups is 1. The van der Waals surface area contributed by atoms with E-state index in [1.165, 1.54) is 12.5 Å². The lowest BCUT2D eigenvalue weighted by molar-refractivity contribution is 0.147. The molecule has 118 valence electrons. The number of aryl methyl sites for hydroxylation is 1. The fourth-order valence-electron chi connectivity index (χ4n) is 3.17. The first kappa shape index (κ1) is 16.0. The van der Waals surface area contributed by atoms with E-state index >= 15 is 0 Å². The molecule has 5 heteroatoms. The quantitative estimate of drug-likeness (QED) is 0.885. The Kier molecular flexibility index (Phi) is 4.74. The Morgan fingerprint density at radius 1 is 1.24 bits per heavy atom. The van der Waals surface area contributed by atoms with Crippen LogP contribution in [0.15, 0.2) is 10.9 Å². The second-order valence-electron chi connectivity index (χ2n) is 6.59. The second-order valence-corrected chi connectivity index (χ2v) is 6.59. The van der Waals surface area contributed by atoms with Crippen molar-refractivity contribution in [3.8, 4) is 5.75 Å². The van der Waals surface area contributed by atoms with E-state index in [1.54, 1.807) is 0 Å². The van der Waals surface area contributed by atoms with Crippen LogP contribution in [-0.2, 0) is 12.1 Å². The highest BCUT2D eigenvalue weighted by atomic mass is 16.3. The highest BCUT2D eigenvalue weighted by molar-refractivity contribution is 5.31. The fraction of sp³-hybridized carbons (Fsp3) is 0.688. The number of hydrogen-bond acceptors (Lipinski definition) is 4. The van der Waals surface area contributed by atoms with E-state index in [0.717, 1.165) is 31.6 Å². The number of hydrogen-bond donors (Lipinski definition) is 2. The molecule has 1 aliphatic heterocycles. The summed E-state index contributed by atoms with van der Waals surface area (Å²) in [7, 11) is 0. The molecule has 1 aromatic heterocycles. The molecule has 0 atom stereocenters. The molecule has 2 rings (SSSR count). The number of aliphatic hydroxyl groups is 1. The molecule has 0 saturated carbocycles. The molecule has 1 aromatic rings. The van der Waals surface area contributed by atoms with Gasteiger partial charge in [0.2, 0.25) is 5.43 Å². The largest absolute Gasteiger partial charge is 0.503 e. The van der Waals surface area contributed by atoms with Crippen LogP contribution in [0.1, 0.15) is 44.5 Å². The molecule has 0 aromatic carbocycles. The maximum absolute atomic E-state index is 11.9. The smallest absolute Gasteiger partial charge is 0.223 e. The Morgan fingerprint density at radius 3 is 2.43 bits per heavy atom. The second kappa shape index (κ2) is 6.20. The van der Waals surface area contributed by atoms with Gasteiger partial charge in [0.15, 0.2) is 5.75 Å². The summed E-state index contributed by atoms with van der Waals surface area (Å²) in [4.78, 5) is 14.2. The summed E-state index contributed by atoms with van der Waals surface area (Å²) in [6.07, 6.45) is 3.55. The average molecular weight is 294 g/mol. The van der Waals surface area contributed by atoms with Gasteiger partial charge in [0.25, 0.3) is 0 Å². The van der Waals surface area contributed by atoms with Crippen LogP contribution in [0.4, 0.5) is 0 Å². The van der Waals surface area contributed by atoms with E-state index in [-0.39, 0.29) is 17.8 Å². The Balaban J connectivity index is 2.48. The van der Waals surface area contributed by atoms with E-state index in [2.05, 4.69) is 4.90 Å². The minimum absolute atomic E-state index is 0.0524. The lowest BCUT2D eigenvalue weighted by Crippen LogP contribution is -2.38. The molecule has 0 aliphatic carbocycles. The molecule has 0 spiro atoms. The van der Waals surface area contributed by atoms with Crippen LogP contribution < -0.4 is 5.43 Å². The molecule has 1 fully saturated rings. The average Bonchev–Trinajstić information content (AvgIpc) is 2.45. The molecular weight excluding hydrogens is 268 g/mol. The number of rotatable bonds is 4. The van der Waals surface area contributed by atoms with Crippen molar-refractivity contribution in [3.05, 3.63) is 27.7 Å². The first-order valence-electron chi connectivity index (χ1n) is 7.65. The fourth-order valence-corrected chi connectivity index (χ4v) is 3.17. The Labute approximate surface area is 125 Å². The monoisotopic (exact) mass is 294 g/mol. The summed E-state index contributed by atoms with van der Waals surface area (Å²) >= 11 is 0. The minimum Gasteiger partial charge on any atom is -0.503 e. The van der Waals surface area contributed by atoms with Crippen LogP contribution in [0.2, 0.25) is 0 Å². The van der Waals surface area contributed by atoms with Gasteiger partial charge in [-0.1, -0.05) is 6.42 Å². The van der Waals surface area contributed by atoms with Crippen molar-refractivity contribution < 1.29 is 10.2 Å². The van der Waals surface area contributed by atoms with Gasteiger partial charge in [-0.25, -0.2) is 0 Å². The normalized spacial score (nSPS) is 17.1. The van der Waals surface area contributed by atoms with Gasteiger partial charge in [-0.3, -0.25) is 9.69 Å². The van der Waals surface area contributed by atoms with Gasteiger partial charge in [0, 0.05) is 18.3 Å². The summed E-state index contributed by atoms with van der Waals surface area (Å²) < 4.78 is 1.90. The van der Waals surface area contributed by atoms with E-state index < -0.39 is 5.54 Å². The summed E-state index contributed by atoms with van der Waals surface area (Å²) in [6.45, 7) is 8.13. The van der Waals surface area contributed by atoms with Crippen molar-refractivity contribution in [1.29, 1.82) is 0 Å². The molecule has 0 unspecified atom stereocenters. The zero-order chi connectivity index (χ0) is 15.6. The Morgan fingerprint density at radius 2 is 1.86 bits per heavy atom. The van der Waals surface area contributed by atoms with Gasteiger partial charge >= 0.3 is 0 Å². The van der Waals surface area contributed by atoms with Crippen LogP contribution in [0, 0.1) is 6.92 Å². The minimum atomic E-state index is -0.555. The Bertz CT molecular complexity index is 557. The summed E-state index contributed by atoms with van der Waals surface area (Å²) in [5, 5.41) is 19.9. The van der Waals surface area contributed by atoms with Crippen LogP contribution in [0.3, 0.4) is 0 Å². The highest BCUT2D eigenvalue weighted by Crippen LogP contribution is 2.26. The first-order valence-corrected chi connectivity index (χ1v) is 7.65. The third-order valence-electron chi connectivity index (χ3n) is 4.28. The van der Waals surface area contributed by atoms with E-state index in [0.29, 0.717) is 12.2 Å². The molecule has 0 radical (unpaired) electrons. The van der Waals surface area contributed by atoms with Crippen LogP contribution in [0.5, 0.6) is 5.75 Å². The van der Waals surface area contributed by atoms with Crippen LogP contribution in [0.25, 0.3) is 0 Å². The SMILES string of the molecule is Cc1cc(=O)c(O)c(CN2CCCCC2)n1C(C)(C)CO. The van der Waals surface area contributed by atoms with E-state index in [9.17, 15) is 15.0 Å². The number of aliphatic hydroxyl groups excluding tert-OH is 1. The number of aromatic nitrogens is 1. The molecule has 1 aliphatic rings. The van der Waals surface area contributed by atoms with Crippen molar-refractivity contribution in [1.82, 2.24) is 9.47 Å². The van der Waals surface area contributed by atoms with Crippen molar-refractivity contribution in [3.63, 3.8) is 0 Å². The third kappa shape index (κ3) is 3.30. The Hall–Kier alpha value is -1.33. The molecule has 2 heterocycles. The van der Waals surface area contributed by atoms with Crippen molar-refractivity contribution in [2.24, 2.45) is 0 Å². The van der Waals surface area contributed by atoms with Crippen LogP contribution >= 0.6 is 0 Å². The molecule has 21 heavy (non-hydrogen) atoms. The highest BCUT2D eigenvalue weighted by Gasteiger charge is 2.27. The van der Waals surface area contributed by atoms with Crippen molar-refractivity contribution in [2.45, 2.75) is 52.1 Å². The molecule has 5 nitrogen and oxygen atoms in total. The number of likely N-dealkylation sites (tertiary alicyclic amines) is 1. The van der Waals surface area contributed by atoms with Gasteiger partial charge in [0.05, 0.1) is 17.8 Å². The number of piperidine rings is 1. The van der Waals surface area contributed by atoms with Gasteiger partial charge in [0.1, 0.15) is 0 Å². The van der Waals surface area contributed by atoms with Gasteiger partial charge in [-0.05, 0) is 46.7 Å². The van der Waals surface area contributed by atoms with Crippen molar-refractivity contribution in [2.75, 3.05) is 19.7 Å². The molecule has 0 amide bonds. The number of pyridine rings is 1. The lowest BCUT2D eigenvalue weighted by Gasteiger charge is -2.34. The standard InChI is InChI=1S/C16H26N2O3/c1-12-9-14(20)15(21)13(18(12)16(2,3)11-19)10-17-7-5-4-6-8-17/h9,19,21H,4-8,10-11H2,1-3H3. The third-order valence-corrected chi connectivity index (χ3v) is 4.28. The van der Waals surface area contributed by atoms with Gasteiger partial charge in [-0.2, -0.15) is 0 Å². The lowest BCUT2D eigenvalue weighted by atomic mass is 10.0. The maximum Gasteiger partial charge on any atom is 0.223 e. The summed E-state index contributed by atoms with van der Waals surface area (Å²) in [5.41, 5.74) is 0.481. The number of nitrogens with zero attached hydrogens (tertiary/aromatic N) is 2. The zero-order valence-electron chi connectivity index (χ0n) is 13.2. The van der Waals surface area contributed by atoms with Crippen molar-refractivity contribution >= 4 is 0 Å². The topological polar surface area (TPSA) is 65.7 Å². The van der Waals surface area contributed by atoms with Crippen LogP contribution in [-0.4, -0.2) is 39.4 Å². The molecular formula is C16H26N2O3. The summed E-state index contributed by atoms with van der Waals surface area (Å²) in [5.74, 6) is -0.187. The maximum atomic E-state index is 11.9. The predicted molar refractivity (Wildman–Crippen MR) is 82.6 cm³/mol. The molecule has 0 bridgehead atoms. The summed E-state index contributed by atoms with van der Waals surface area (Å²) in [6, 6.07) is 1.44. The zero-order valence-corrected chi connectivity index (χ0v) is 13.2. The van der Waals surface area contributed by atoms with Gasteiger partial charge in [-0.15, -0.1) is 0 Å². The van der Waals surface area contributed by atoms with Gasteiger partial charge < -0.3 is 14.8 Å². The molecule has 1 saturated heterocycles. The van der Waals surface area contributed by atoms with E-state index in [1.807, 2.05) is 25.3 Å². The molecule has 2 N–H and O–H groups in total. The predicted octanol–water partition coefficient (Wildman–Crippen LogP) is 1.58. The van der Waals surface area contributed by atoms with E-state index in [4.69, 9.17) is 0 Å².